The molecule has 4 saturated carbocycles. The Kier molecular flexibility index (Phi) is 7.59. The topological polar surface area (TPSA) is 47.9 Å². The number of para-hydroxylation sites is 1. The second kappa shape index (κ2) is 13.2. The lowest BCUT2D eigenvalue weighted by Crippen LogP contribution is -2.36. The third-order valence-electron chi connectivity index (χ3n) is 16.7. The summed E-state index contributed by atoms with van der Waals surface area (Å²) in [5.41, 5.74) is 16.6. The van der Waals surface area contributed by atoms with Gasteiger partial charge in [-0.25, -0.2) is 15.0 Å². The average Bonchev–Trinajstić information content (AvgIpc) is 3.97. The fourth-order valence-electron chi connectivity index (χ4n) is 13.8. The normalized spacial score (nSPS) is 23.0. The molecule has 2 atom stereocenters. The molecule has 0 amide bonds. The summed E-state index contributed by atoms with van der Waals surface area (Å²) >= 11 is 0. The van der Waals surface area contributed by atoms with E-state index in [1.165, 1.54) is 95.0 Å². The lowest BCUT2D eigenvalue weighted by Gasteiger charge is -2.45. The molecule has 4 nitrogen and oxygen atoms in total. The first kappa shape index (κ1) is 36.8. The highest BCUT2D eigenvalue weighted by Gasteiger charge is 2.51. The molecule has 7 aromatic carbocycles. The maximum Gasteiger partial charge on any atom is 0.164 e. The number of hydrogen-bond donors (Lipinski definition) is 0. The Morgan fingerprint density at radius 2 is 0.938 bits per heavy atom. The Morgan fingerprint density at radius 3 is 1.64 bits per heavy atom. The fraction of sp³-hybridized carbons (Fsp3) is 0.250. The largest absolute Gasteiger partial charge is 0.457 e. The van der Waals surface area contributed by atoms with Gasteiger partial charge in [0.1, 0.15) is 11.5 Å². The summed E-state index contributed by atoms with van der Waals surface area (Å²) in [4.78, 5) is 16.2. The third-order valence-corrected chi connectivity index (χ3v) is 16.7. The molecule has 7 aliphatic rings. The molecule has 1 spiro atoms. The van der Waals surface area contributed by atoms with Gasteiger partial charge in [-0.05, 0) is 149 Å². The molecule has 64 heavy (non-hydrogen) atoms. The monoisotopic (exact) mass is 827 g/mol. The maximum absolute atomic E-state index is 6.81. The van der Waals surface area contributed by atoms with Crippen LogP contribution in [-0.4, -0.2) is 15.0 Å². The minimum absolute atomic E-state index is 0.149. The first-order valence-corrected chi connectivity index (χ1v) is 23.6. The number of hydrogen-bond acceptors (Lipinski definition) is 4. The number of benzene rings is 7. The van der Waals surface area contributed by atoms with Crippen molar-refractivity contribution in [3.05, 3.63) is 197 Å². The Bertz CT molecular complexity index is 3200. The summed E-state index contributed by atoms with van der Waals surface area (Å²) in [5.74, 6) is 6.52. The molecule has 4 heteroatoms. The summed E-state index contributed by atoms with van der Waals surface area (Å²) < 4.78 is 6.81. The molecule has 0 saturated heterocycles. The zero-order valence-corrected chi connectivity index (χ0v) is 36.4. The average molecular weight is 828 g/mol. The molecule has 6 aliphatic carbocycles. The van der Waals surface area contributed by atoms with Crippen LogP contribution >= 0.6 is 0 Å². The highest BCUT2D eigenvalue weighted by molar-refractivity contribution is 5.89. The van der Waals surface area contributed by atoms with Crippen molar-refractivity contribution >= 4 is 0 Å². The van der Waals surface area contributed by atoms with Gasteiger partial charge in [0.2, 0.25) is 0 Å². The van der Waals surface area contributed by atoms with Crippen LogP contribution in [0.3, 0.4) is 0 Å². The standard InChI is InChI=1S/C60H49N3O/c1-58(2)47-14-6-3-11-43(47)46-25-21-40(32-51(46)58)56-61-55(39-19-23-42(24-20-39)59-28-27-36(34-59)29-37-30-38(31-37)35-59)62-57(63-56)41-22-26-54-52(33-41)60(50-17-9-10-18-53(50)64-54)48-15-7-4-12-44(48)45-13-5-8-16-49(45)60/h3-26,32-33,36-38H,27-31,34-35H2,1-2H3/t36-,37?,38?,59?/m0/s1. The van der Waals surface area contributed by atoms with E-state index in [1.54, 1.807) is 0 Å². The van der Waals surface area contributed by atoms with E-state index < -0.39 is 5.41 Å². The van der Waals surface area contributed by atoms with Crippen LogP contribution in [0.1, 0.15) is 97.7 Å². The molecule has 4 bridgehead atoms. The van der Waals surface area contributed by atoms with E-state index in [9.17, 15) is 0 Å². The Balaban J connectivity index is 0.944. The molecule has 8 aromatic rings. The van der Waals surface area contributed by atoms with Crippen LogP contribution in [0.4, 0.5) is 0 Å². The first-order valence-electron chi connectivity index (χ1n) is 23.6. The van der Waals surface area contributed by atoms with Crippen molar-refractivity contribution in [1.29, 1.82) is 0 Å². The van der Waals surface area contributed by atoms with Gasteiger partial charge in [0.05, 0.1) is 5.41 Å². The number of ether oxygens (including phenoxy) is 1. The van der Waals surface area contributed by atoms with Crippen molar-refractivity contribution in [3.63, 3.8) is 0 Å². The molecule has 2 heterocycles. The van der Waals surface area contributed by atoms with Gasteiger partial charge in [-0.2, -0.15) is 0 Å². The minimum Gasteiger partial charge on any atom is -0.457 e. The molecule has 1 aromatic heterocycles. The Labute approximate surface area is 375 Å². The molecule has 0 radical (unpaired) electrons. The molecule has 4 fully saturated rings. The second-order valence-electron chi connectivity index (χ2n) is 20.5. The third kappa shape index (κ3) is 5.08. The smallest absolute Gasteiger partial charge is 0.164 e. The Morgan fingerprint density at radius 1 is 0.438 bits per heavy atom. The van der Waals surface area contributed by atoms with Crippen molar-refractivity contribution < 1.29 is 4.74 Å². The quantitative estimate of drug-likeness (QED) is 0.177. The van der Waals surface area contributed by atoms with Gasteiger partial charge in [0.25, 0.3) is 0 Å². The molecular weight excluding hydrogens is 779 g/mol. The lowest BCUT2D eigenvalue weighted by atomic mass is 9.60. The van der Waals surface area contributed by atoms with Crippen LogP contribution in [0.2, 0.25) is 0 Å². The summed E-state index contributed by atoms with van der Waals surface area (Å²) in [6.07, 6.45) is 9.73. The predicted molar refractivity (Wildman–Crippen MR) is 256 cm³/mol. The molecule has 0 N–H and O–H groups in total. The van der Waals surface area contributed by atoms with Gasteiger partial charge in [0.15, 0.2) is 17.5 Å². The van der Waals surface area contributed by atoms with Gasteiger partial charge in [-0.1, -0.05) is 141 Å². The van der Waals surface area contributed by atoms with E-state index in [2.05, 4.69) is 172 Å². The number of aromatic nitrogens is 3. The van der Waals surface area contributed by atoms with E-state index in [0.717, 1.165) is 57.1 Å². The second-order valence-corrected chi connectivity index (χ2v) is 20.5. The highest BCUT2D eigenvalue weighted by Crippen LogP contribution is 2.63. The zero-order chi connectivity index (χ0) is 42.4. The van der Waals surface area contributed by atoms with E-state index in [0.29, 0.717) is 22.9 Å². The van der Waals surface area contributed by atoms with E-state index >= 15 is 0 Å². The van der Waals surface area contributed by atoms with Crippen LogP contribution < -0.4 is 4.74 Å². The Hall–Kier alpha value is -6.65. The van der Waals surface area contributed by atoms with Crippen molar-refractivity contribution in [2.45, 2.75) is 75.0 Å². The SMILES string of the molecule is CC1(C)c2ccccc2-c2ccc(-c3nc(-c4ccc(C56CC[C@@H](CC7CC(C7)C5)C6)cc4)nc(-c4ccc5c(c4)C4(c6ccccc6O5)c5ccccc5-c5ccccc54)n3)cc21. The molecular formula is C60H49N3O. The van der Waals surface area contributed by atoms with Crippen LogP contribution in [0.15, 0.2) is 158 Å². The number of fused-ring (bicyclic) bond motifs is 12. The molecule has 1 unspecified atom stereocenters. The van der Waals surface area contributed by atoms with E-state index in [-0.39, 0.29) is 5.41 Å². The van der Waals surface area contributed by atoms with Crippen molar-refractivity contribution in [2.75, 3.05) is 0 Å². The summed E-state index contributed by atoms with van der Waals surface area (Å²) in [5, 5.41) is 0. The van der Waals surface area contributed by atoms with Crippen LogP contribution in [0, 0.1) is 17.8 Å². The van der Waals surface area contributed by atoms with Crippen molar-refractivity contribution in [3.8, 4) is 67.9 Å². The number of rotatable bonds is 4. The van der Waals surface area contributed by atoms with Crippen LogP contribution in [-0.2, 0) is 16.2 Å². The van der Waals surface area contributed by atoms with E-state index in [4.69, 9.17) is 19.7 Å². The number of nitrogens with zero attached hydrogens (tertiary/aromatic N) is 3. The van der Waals surface area contributed by atoms with Gasteiger partial charge in [-0.15, -0.1) is 0 Å². The fourth-order valence-corrected chi connectivity index (χ4v) is 13.8. The van der Waals surface area contributed by atoms with E-state index in [1.807, 2.05) is 0 Å². The molecule has 310 valence electrons. The summed E-state index contributed by atoms with van der Waals surface area (Å²) in [6, 6.07) is 58.0. The minimum atomic E-state index is -0.585. The zero-order valence-electron chi connectivity index (χ0n) is 36.4. The summed E-state index contributed by atoms with van der Waals surface area (Å²) in [6.45, 7) is 4.67. The van der Waals surface area contributed by atoms with Crippen molar-refractivity contribution in [1.82, 2.24) is 15.0 Å². The highest BCUT2D eigenvalue weighted by atomic mass is 16.5. The van der Waals surface area contributed by atoms with Gasteiger partial charge >= 0.3 is 0 Å². The van der Waals surface area contributed by atoms with Crippen LogP contribution in [0.5, 0.6) is 11.5 Å². The molecule has 1 aliphatic heterocycles. The van der Waals surface area contributed by atoms with Gasteiger partial charge in [0, 0.05) is 33.2 Å². The van der Waals surface area contributed by atoms with Crippen LogP contribution in [0.25, 0.3) is 56.4 Å². The first-order chi connectivity index (χ1) is 31.4. The lowest BCUT2D eigenvalue weighted by molar-refractivity contribution is 0.101. The predicted octanol–water partition coefficient (Wildman–Crippen LogP) is 14.5. The molecule has 15 rings (SSSR count). The summed E-state index contributed by atoms with van der Waals surface area (Å²) in [7, 11) is 0. The van der Waals surface area contributed by atoms with Crippen molar-refractivity contribution in [2.24, 2.45) is 17.8 Å². The van der Waals surface area contributed by atoms with Gasteiger partial charge in [-0.3, -0.25) is 0 Å². The van der Waals surface area contributed by atoms with Gasteiger partial charge < -0.3 is 4.74 Å². The maximum atomic E-state index is 6.81.